The van der Waals surface area contributed by atoms with Crippen molar-refractivity contribution in [3.05, 3.63) is 64.1 Å². The predicted molar refractivity (Wildman–Crippen MR) is 142 cm³/mol. The fraction of sp³-hybridized carbons (Fsp3) is 0.231. The smallest absolute Gasteiger partial charge is 0.256 e. The first-order chi connectivity index (χ1) is 17.5. The van der Waals surface area contributed by atoms with Crippen molar-refractivity contribution in [3.8, 4) is 22.6 Å². The van der Waals surface area contributed by atoms with E-state index in [-0.39, 0.29) is 5.91 Å². The second-order valence-corrected chi connectivity index (χ2v) is 8.97. The van der Waals surface area contributed by atoms with Gasteiger partial charge in [0.15, 0.2) is 5.82 Å². The molecule has 1 aromatic heterocycles. The molecule has 1 fully saturated rings. The van der Waals surface area contributed by atoms with Gasteiger partial charge in [0.05, 0.1) is 43.0 Å². The summed E-state index contributed by atoms with van der Waals surface area (Å²) in [4.78, 5) is 15.1. The van der Waals surface area contributed by atoms with E-state index in [1.54, 1.807) is 6.07 Å². The van der Waals surface area contributed by atoms with Crippen LogP contribution in [0.15, 0.2) is 48.5 Å². The Morgan fingerprint density at radius 3 is 2.31 bits per heavy atom. The second-order valence-electron chi connectivity index (χ2n) is 8.22. The number of nitrogens with one attached hydrogen (secondary N) is 2. The number of aromatic nitrogens is 2. The van der Waals surface area contributed by atoms with E-state index < -0.39 is 0 Å². The maximum atomic E-state index is 12.9. The summed E-state index contributed by atoms with van der Waals surface area (Å²) in [5, 5.41) is 11.7. The molecule has 8 nitrogen and oxygen atoms in total. The average molecular weight is 527 g/mol. The van der Waals surface area contributed by atoms with E-state index in [0.29, 0.717) is 57.2 Å². The number of rotatable bonds is 6. The number of halogens is 2. The normalized spacial score (nSPS) is 13.6. The molecule has 0 radical (unpaired) electrons. The Morgan fingerprint density at radius 2 is 1.67 bits per heavy atom. The van der Waals surface area contributed by atoms with E-state index in [1.165, 1.54) is 14.2 Å². The summed E-state index contributed by atoms with van der Waals surface area (Å²) in [6.45, 7) is 3.09. The van der Waals surface area contributed by atoms with E-state index >= 15 is 0 Å². The molecule has 3 aromatic carbocycles. The third kappa shape index (κ3) is 4.55. The highest BCUT2D eigenvalue weighted by molar-refractivity contribution is 6.41. The SMILES string of the molecule is COc1cc(OC)c(Cl)c(-c2ccc3c(NC(=O)c4ccc(N5CCOCC5)cc4)n[nH]c3c2)c1Cl. The standard InChI is InChI=1S/C26H24Cl2N4O4/c1-34-20-14-21(35-2)24(28)22(23(20)27)16-5-8-18-19(13-16)30-31-25(18)29-26(33)15-3-6-17(7-4-15)32-9-11-36-12-10-32/h3-8,13-14H,9-12H2,1-2H3,(H2,29,30,31,33). The molecule has 0 atom stereocenters. The molecule has 2 N–H and O–H groups in total. The van der Waals surface area contributed by atoms with Crippen LogP contribution in [0.2, 0.25) is 10.0 Å². The van der Waals surface area contributed by atoms with Crippen LogP contribution in [0, 0.1) is 0 Å². The van der Waals surface area contributed by atoms with Crippen molar-refractivity contribution in [1.29, 1.82) is 0 Å². The molecule has 1 amide bonds. The Balaban J connectivity index is 1.39. The lowest BCUT2D eigenvalue weighted by atomic mass is 10.0. The van der Waals surface area contributed by atoms with Gasteiger partial charge in [-0.05, 0) is 42.0 Å². The average Bonchev–Trinajstić information content (AvgIpc) is 3.31. The first-order valence-electron chi connectivity index (χ1n) is 11.3. The van der Waals surface area contributed by atoms with Gasteiger partial charge in [0, 0.05) is 41.4 Å². The molecule has 0 bridgehead atoms. The molecule has 0 aliphatic carbocycles. The van der Waals surface area contributed by atoms with Crippen LogP contribution >= 0.6 is 23.2 Å². The summed E-state index contributed by atoms with van der Waals surface area (Å²) in [6.07, 6.45) is 0. The number of hydrogen-bond donors (Lipinski definition) is 2. The van der Waals surface area contributed by atoms with Crippen molar-refractivity contribution in [2.75, 3.05) is 50.7 Å². The van der Waals surface area contributed by atoms with Crippen molar-refractivity contribution in [1.82, 2.24) is 10.2 Å². The van der Waals surface area contributed by atoms with Crippen LogP contribution in [0.4, 0.5) is 11.5 Å². The molecular weight excluding hydrogens is 503 g/mol. The molecule has 0 spiro atoms. The summed E-state index contributed by atoms with van der Waals surface area (Å²) in [6, 6.07) is 14.7. The molecular formula is C26H24Cl2N4O4. The molecule has 0 saturated carbocycles. The number of methoxy groups -OCH3 is 2. The zero-order chi connectivity index (χ0) is 25.2. The summed E-state index contributed by atoms with van der Waals surface area (Å²) in [5.41, 5.74) is 3.65. The number of H-pyrrole nitrogens is 1. The highest BCUT2D eigenvalue weighted by atomic mass is 35.5. The number of fused-ring (bicyclic) bond motifs is 1. The number of morpholine rings is 1. The summed E-state index contributed by atoms with van der Waals surface area (Å²) in [5.74, 6) is 1.08. The molecule has 1 aliphatic heterocycles. The van der Waals surface area contributed by atoms with Gasteiger partial charge in [0.1, 0.15) is 11.5 Å². The summed E-state index contributed by atoms with van der Waals surface area (Å²) < 4.78 is 16.2. The number of carbonyl (C=O) groups excluding carboxylic acids is 1. The van der Waals surface area contributed by atoms with Crippen LogP contribution in [0.3, 0.4) is 0 Å². The van der Waals surface area contributed by atoms with Crippen LogP contribution in [0.5, 0.6) is 11.5 Å². The molecule has 186 valence electrons. The van der Waals surface area contributed by atoms with Crippen LogP contribution in [-0.4, -0.2) is 56.6 Å². The van der Waals surface area contributed by atoms with Gasteiger partial charge in [-0.15, -0.1) is 0 Å². The van der Waals surface area contributed by atoms with Gasteiger partial charge in [0.2, 0.25) is 0 Å². The van der Waals surface area contributed by atoms with Gasteiger partial charge in [-0.3, -0.25) is 9.89 Å². The molecule has 1 saturated heterocycles. The van der Waals surface area contributed by atoms with Crippen LogP contribution in [-0.2, 0) is 4.74 Å². The Kier molecular flexibility index (Phi) is 6.91. The number of aromatic amines is 1. The van der Waals surface area contributed by atoms with E-state index in [1.807, 2.05) is 42.5 Å². The number of nitrogens with zero attached hydrogens (tertiary/aromatic N) is 2. The number of hydrogen-bond acceptors (Lipinski definition) is 6. The van der Waals surface area contributed by atoms with Crippen molar-refractivity contribution >= 4 is 51.5 Å². The van der Waals surface area contributed by atoms with Crippen LogP contribution in [0.25, 0.3) is 22.0 Å². The Bertz CT molecular complexity index is 1390. The van der Waals surface area contributed by atoms with Gasteiger partial charge in [0.25, 0.3) is 5.91 Å². The molecule has 10 heteroatoms. The van der Waals surface area contributed by atoms with Crippen molar-refractivity contribution in [3.63, 3.8) is 0 Å². The predicted octanol–water partition coefficient (Wildman–Crippen LogP) is 5.64. The zero-order valence-electron chi connectivity index (χ0n) is 19.7. The molecule has 1 aliphatic rings. The third-order valence-electron chi connectivity index (χ3n) is 6.16. The van der Waals surface area contributed by atoms with Crippen LogP contribution in [0.1, 0.15) is 10.4 Å². The maximum absolute atomic E-state index is 12.9. The monoisotopic (exact) mass is 526 g/mol. The lowest BCUT2D eigenvalue weighted by molar-refractivity contribution is 0.102. The van der Waals surface area contributed by atoms with Crippen molar-refractivity contribution in [2.24, 2.45) is 0 Å². The quantitative estimate of drug-likeness (QED) is 0.337. The Hall–Kier alpha value is -3.46. The van der Waals surface area contributed by atoms with Crippen molar-refractivity contribution < 1.29 is 19.0 Å². The maximum Gasteiger partial charge on any atom is 0.256 e. The number of amides is 1. The van der Waals surface area contributed by atoms with Gasteiger partial charge in [-0.2, -0.15) is 5.10 Å². The fourth-order valence-electron chi connectivity index (χ4n) is 4.23. The van der Waals surface area contributed by atoms with Crippen molar-refractivity contribution in [2.45, 2.75) is 0 Å². The van der Waals surface area contributed by atoms with E-state index in [4.69, 9.17) is 37.4 Å². The Morgan fingerprint density at radius 1 is 1.00 bits per heavy atom. The summed E-state index contributed by atoms with van der Waals surface area (Å²) in [7, 11) is 3.06. The summed E-state index contributed by atoms with van der Waals surface area (Å²) >= 11 is 13.1. The van der Waals surface area contributed by atoms with Gasteiger partial charge >= 0.3 is 0 Å². The van der Waals surface area contributed by atoms with Crippen LogP contribution < -0.4 is 19.7 Å². The lowest BCUT2D eigenvalue weighted by Gasteiger charge is -2.28. The largest absolute Gasteiger partial charge is 0.495 e. The molecule has 4 aromatic rings. The first-order valence-corrected chi connectivity index (χ1v) is 12.1. The van der Waals surface area contributed by atoms with E-state index in [0.717, 1.165) is 29.7 Å². The highest BCUT2D eigenvalue weighted by Crippen LogP contribution is 2.46. The number of anilines is 2. The van der Waals surface area contributed by atoms with Gasteiger partial charge < -0.3 is 24.4 Å². The Labute approximate surface area is 218 Å². The van der Waals surface area contributed by atoms with Gasteiger partial charge in [-0.25, -0.2) is 0 Å². The fourth-order valence-corrected chi connectivity index (χ4v) is 4.95. The number of benzene rings is 3. The highest BCUT2D eigenvalue weighted by Gasteiger charge is 2.20. The molecule has 5 rings (SSSR count). The number of ether oxygens (including phenoxy) is 3. The topological polar surface area (TPSA) is 88.7 Å². The minimum absolute atomic E-state index is 0.246. The molecule has 2 heterocycles. The second kappa shape index (κ2) is 10.3. The van der Waals surface area contributed by atoms with Gasteiger partial charge in [-0.1, -0.05) is 29.3 Å². The lowest BCUT2D eigenvalue weighted by Crippen LogP contribution is -2.36. The minimum Gasteiger partial charge on any atom is -0.495 e. The molecule has 0 unspecified atom stereocenters. The van der Waals surface area contributed by atoms with E-state index in [9.17, 15) is 4.79 Å². The van der Waals surface area contributed by atoms with E-state index in [2.05, 4.69) is 20.4 Å². The third-order valence-corrected chi connectivity index (χ3v) is 6.91. The zero-order valence-corrected chi connectivity index (χ0v) is 21.2. The first kappa shape index (κ1) is 24.2. The number of carbonyl (C=O) groups is 1. The molecule has 36 heavy (non-hydrogen) atoms. The minimum atomic E-state index is -0.246.